The second kappa shape index (κ2) is 39.0. The van der Waals surface area contributed by atoms with E-state index in [-0.39, 0.29) is 82.8 Å². The van der Waals surface area contributed by atoms with Crippen LogP contribution in [0.15, 0.2) is 467 Å². The predicted octanol–water partition coefficient (Wildman–Crippen LogP) is 28.6. The molecule has 0 amide bonds. The number of para-hydroxylation sites is 3. The maximum absolute atomic E-state index is 9.30. The summed E-state index contributed by atoms with van der Waals surface area (Å²) in [5.74, 6) is -0.605. The van der Waals surface area contributed by atoms with Gasteiger partial charge in [-0.1, -0.05) is 391 Å². The first-order valence-electron chi connectivity index (χ1n) is 48.0. The molecule has 0 saturated carbocycles. The molecule has 0 bridgehead atoms. The van der Waals surface area contributed by atoms with Crippen LogP contribution in [0.5, 0.6) is 0 Å². The maximum atomic E-state index is 9.30. The van der Waals surface area contributed by atoms with Crippen molar-refractivity contribution in [3.8, 4) is 85.6 Å². The predicted molar refractivity (Wildman–Crippen MR) is 600 cm³/mol. The Kier molecular flexibility index (Phi) is 24.5. The third kappa shape index (κ3) is 16.1. The molecule has 0 fully saturated rings. The first kappa shape index (κ1) is 92.2. The van der Waals surface area contributed by atoms with Crippen molar-refractivity contribution in [1.29, 1.82) is 21.0 Å². The highest BCUT2D eigenvalue weighted by molar-refractivity contribution is 7.20. The van der Waals surface area contributed by atoms with Crippen molar-refractivity contribution in [2.24, 2.45) is 0 Å². The number of aromatic nitrogens is 7. The lowest BCUT2D eigenvalue weighted by atomic mass is 9.68. The zero-order valence-electron chi connectivity index (χ0n) is 79.9. The number of nitriles is 4. The van der Waals surface area contributed by atoms with Gasteiger partial charge >= 0.3 is 11.6 Å². The zero-order chi connectivity index (χ0) is 99.0. The Hall–Kier alpha value is -19.8. The summed E-state index contributed by atoms with van der Waals surface area (Å²) in [6.07, 6.45) is 0. The first-order chi connectivity index (χ1) is 71.9. The summed E-state index contributed by atoms with van der Waals surface area (Å²) in [6.45, 7) is 19.2. The molecule has 2 aliphatic rings. The largest absolute Gasteiger partial charge is 0.358 e. The van der Waals surface area contributed by atoms with E-state index in [9.17, 15) is 21.0 Å². The van der Waals surface area contributed by atoms with E-state index in [2.05, 4.69) is 535 Å². The molecule has 15 nitrogen and oxygen atoms in total. The van der Waals surface area contributed by atoms with Gasteiger partial charge in [0, 0.05) is 56.0 Å². The molecule has 1 atom stereocenters. The minimum atomic E-state index is -2.61. The molecule has 19 aromatic carbocycles. The summed E-state index contributed by atoms with van der Waals surface area (Å²) >= 11 is 0. The summed E-state index contributed by atoms with van der Waals surface area (Å²) in [7, 11) is -2.61. The molecule has 0 radical (unpaired) electrons. The van der Waals surface area contributed by atoms with Crippen LogP contribution in [0.3, 0.4) is 0 Å². The van der Waals surface area contributed by atoms with Crippen LogP contribution in [0.25, 0.3) is 126 Å². The molecule has 0 aliphatic heterocycles. The van der Waals surface area contributed by atoms with Gasteiger partial charge in [0.1, 0.15) is 46.3 Å². The van der Waals surface area contributed by atoms with Gasteiger partial charge < -0.3 is 24.1 Å². The van der Waals surface area contributed by atoms with Crippen LogP contribution in [0, 0.1) is 58.5 Å². The molecule has 1 unspecified atom stereocenters. The first-order valence-corrected chi connectivity index (χ1v) is 50.0. The number of fused-ring (bicyclic) bond motifs is 15. The van der Waals surface area contributed by atoms with Gasteiger partial charge in [-0.25, -0.2) is 19.9 Å². The number of rotatable bonds is 16. The van der Waals surface area contributed by atoms with Gasteiger partial charge in [-0.05, 0) is 213 Å². The molecule has 25 rings (SSSR count). The lowest BCUT2D eigenvalue weighted by molar-refractivity contribution is 0.660. The van der Waals surface area contributed by atoms with Gasteiger partial charge in [0.05, 0.1) is 16.4 Å². The highest BCUT2D eigenvalue weighted by Crippen LogP contribution is 2.58. The monoisotopic (exact) mass is 1920 g/mol. The third-order valence-electron chi connectivity index (χ3n) is 28.3. The third-order valence-corrected chi connectivity index (χ3v) is 33.1. The maximum Gasteiger partial charge on any atom is 0.307 e. The van der Waals surface area contributed by atoms with Crippen molar-refractivity contribution in [2.45, 2.75) is 24.7 Å². The molecule has 4 aromatic heterocycles. The zero-order valence-corrected chi connectivity index (χ0v) is 82.3. The van der Waals surface area contributed by atoms with Gasteiger partial charge in [-0.15, -0.1) is 9.97 Å². The molecule has 17 heteroatoms. The number of anilines is 6. The lowest BCUT2D eigenvalue weighted by Crippen LogP contribution is -2.74. The van der Waals surface area contributed by atoms with Crippen molar-refractivity contribution in [2.75, 3.05) is 9.80 Å². The van der Waals surface area contributed by atoms with Crippen LogP contribution in [0.1, 0.15) is 70.0 Å². The van der Waals surface area contributed by atoms with Crippen LogP contribution < -0.4 is 30.5 Å². The second-order valence-electron chi connectivity index (χ2n) is 36.5. The topological polar surface area (TPSA) is 193 Å². The normalized spacial score (nSPS) is 12.0. The molecule has 0 spiro atoms. The second-order valence-corrected chi connectivity index (χ2v) is 40.3. The summed E-state index contributed by atoms with van der Waals surface area (Å²) in [5, 5.41) is 45.2. The van der Waals surface area contributed by atoms with E-state index >= 15 is 0 Å². The van der Waals surface area contributed by atoms with Crippen molar-refractivity contribution in [1.82, 2.24) is 34.5 Å². The Morgan fingerprint density at radius 1 is 0.265 bits per heavy atom. The molecule has 147 heavy (non-hydrogen) atoms. The average molecular weight is 1920 g/mol. The minimum Gasteiger partial charge on any atom is -0.358 e. The van der Waals surface area contributed by atoms with Gasteiger partial charge in [0.2, 0.25) is 11.0 Å². The highest BCUT2D eigenvalue weighted by Gasteiger charge is 2.47. The quantitative estimate of drug-likeness (QED) is 0.0293. The van der Waals surface area contributed by atoms with E-state index in [0.29, 0.717) is 0 Å². The fourth-order valence-electron chi connectivity index (χ4n) is 21.6. The molecule has 0 saturated heterocycles. The van der Waals surface area contributed by atoms with Gasteiger partial charge in [0.25, 0.3) is 0 Å². The minimum absolute atomic E-state index is 0. The molecule has 4 heterocycles. The molecule has 23 aromatic rings. The fraction of sp³-hybridized carbons (Fsp3) is 0.0308. The number of benzene rings is 19. The Bertz CT molecular complexity index is 8820. The Morgan fingerprint density at radius 3 is 1.07 bits per heavy atom. The number of hydrogen-bond acceptors (Lipinski definition) is 12. The van der Waals surface area contributed by atoms with Crippen molar-refractivity contribution >= 4 is 139 Å². The molecule has 2 aliphatic carbocycles. The average Bonchev–Trinajstić information content (AvgIpc) is 1.53. The standard InChI is InChI=1S/C61H45NSi.C51H38N2.C18N12.H3P/c1-7-21-48(22-8-1)61(49-23-9-2-10-24-49)59-34-20-19-33-57(59)58-45-52(41-44-60(58)61)62(50-25-11-3-12-26-50)51-39-35-46(36-40-51)47-37-42-56(43-38-47)63(53-27-13-4-14-28-53,54-29-15-5-16-30-54)55-31-17-6-18-32-55;1-51(2)47-19-11-9-17-43(47)44-31-30-42(34-48(44)51)52(40-26-21-36(22-27-40)35-13-5-3-6-14-35)41-28-23-37(24-29-41)38-25-32-50-46(33-38)45-18-10-12-20-49(45)53(50)39-15-7-4-8-16-39;1-23-17-9(5-21)27-13-11-12(26-8(4-20)7(3-19)25-11)14-16(15(13)29-17)30-18(24-2)10(6-22)28-14;/h1-45H;3-34H,1-2H3;;1H3. The fourth-order valence-corrected chi connectivity index (χ4v) is 26.4. The smallest absolute Gasteiger partial charge is 0.307 e. The van der Waals surface area contributed by atoms with E-state index in [0.717, 1.165) is 34.1 Å². The van der Waals surface area contributed by atoms with Crippen molar-refractivity contribution in [3.63, 3.8) is 0 Å². The summed E-state index contributed by atoms with van der Waals surface area (Å²) in [4.78, 5) is 35.9. The SMILES string of the molecule is CC1(C)c2ccccc2-c2ccc(N(c3ccc(-c4ccccc4)cc3)c3ccc(-c4ccc5c(c4)c4ccccc4n5-c4ccccc4)cc3)cc21.P.[C-]#[N+]c1nc2c(nc1C#N)c1nc(C#N)c(C#N)nc1c1nc(C#N)c([N+]#[C-])nc12.c1ccc(N(c2ccc(-c3ccc([Si](c4ccccc4)(c4ccccc4)c4ccccc4)cc3)cc2)c2ccc3c(c2)-c2ccccc2C3(c2ccccc2)c2ccccc2)cc1. The van der Waals surface area contributed by atoms with Crippen molar-refractivity contribution < 1.29 is 0 Å². The Labute approximate surface area is 855 Å². The van der Waals surface area contributed by atoms with Gasteiger partial charge in [-0.2, -0.15) is 30.9 Å². The van der Waals surface area contributed by atoms with E-state index in [1.807, 2.05) is 0 Å². The van der Waals surface area contributed by atoms with Crippen LogP contribution in [-0.4, -0.2) is 42.5 Å². The van der Waals surface area contributed by atoms with Crippen LogP contribution in [-0.2, 0) is 10.8 Å². The lowest BCUT2D eigenvalue weighted by Gasteiger charge is -2.34. The van der Waals surface area contributed by atoms with Gasteiger partial charge in [-0.3, -0.25) is 0 Å². The molecule has 690 valence electrons. The molecule has 0 N–H and O–H groups in total. The summed E-state index contributed by atoms with van der Waals surface area (Å²) < 4.78 is 2.37. The van der Waals surface area contributed by atoms with Crippen LogP contribution in [0.2, 0.25) is 0 Å². The van der Waals surface area contributed by atoms with Crippen LogP contribution >= 0.6 is 9.90 Å². The molecular weight excluding hydrogens is 1830 g/mol. The van der Waals surface area contributed by atoms with Crippen LogP contribution in [0.4, 0.5) is 45.8 Å². The number of hydrogen-bond donors (Lipinski definition) is 0. The number of nitrogens with zero attached hydrogens (tertiary/aromatic N) is 15. The van der Waals surface area contributed by atoms with E-state index in [4.69, 9.17) is 13.1 Å². The summed E-state index contributed by atoms with van der Waals surface area (Å²) in [5.41, 5.74) is 28.9. The highest BCUT2D eigenvalue weighted by atomic mass is 31.0. The molecular formula is C130H86N15PSi. The summed E-state index contributed by atoms with van der Waals surface area (Å²) in [6, 6.07) is 179. The van der Waals surface area contributed by atoms with Crippen molar-refractivity contribution in [3.05, 3.63) is 546 Å². The van der Waals surface area contributed by atoms with E-state index in [1.54, 1.807) is 24.3 Å². The van der Waals surface area contributed by atoms with E-state index in [1.165, 1.54) is 137 Å². The Morgan fingerprint density at radius 2 is 0.592 bits per heavy atom. The Balaban J connectivity index is 0.000000132. The van der Waals surface area contributed by atoms with E-state index < -0.39 is 13.5 Å². The van der Waals surface area contributed by atoms with Gasteiger partial charge in [0.15, 0.2) is 30.8 Å².